The second kappa shape index (κ2) is 7.90. The maximum atomic E-state index is 11.0. The molecule has 1 rings (SSSR count). The van der Waals surface area contributed by atoms with E-state index in [0.29, 0.717) is 17.9 Å². The smallest absolute Gasteiger partial charge is 0.341 e. The van der Waals surface area contributed by atoms with E-state index in [-0.39, 0.29) is 5.56 Å². The molecule has 0 radical (unpaired) electrons. The summed E-state index contributed by atoms with van der Waals surface area (Å²) in [6.45, 7) is 3.85. The van der Waals surface area contributed by atoms with E-state index in [1.54, 1.807) is 6.92 Å². The largest absolute Gasteiger partial charge is 0.477 e. The first-order valence-electron chi connectivity index (χ1n) is 6.85. The first-order valence-corrected chi connectivity index (χ1v) is 6.85. The molecule has 1 aromatic heterocycles. The zero-order valence-electron chi connectivity index (χ0n) is 11.4. The molecule has 0 unspecified atom stereocenters. The van der Waals surface area contributed by atoms with E-state index < -0.39 is 5.97 Å². The van der Waals surface area contributed by atoms with Gasteiger partial charge in [0.15, 0.2) is 0 Å². The Labute approximate surface area is 108 Å². The molecule has 102 valence electrons. The number of aromatic carboxylic acids is 1. The van der Waals surface area contributed by atoms with Gasteiger partial charge >= 0.3 is 5.97 Å². The van der Waals surface area contributed by atoms with E-state index in [2.05, 4.69) is 12.1 Å². The minimum Gasteiger partial charge on any atom is -0.477 e. The zero-order valence-corrected chi connectivity index (χ0v) is 11.4. The van der Waals surface area contributed by atoms with Crippen molar-refractivity contribution < 1.29 is 14.4 Å². The van der Waals surface area contributed by atoms with Crippen molar-refractivity contribution in [2.24, 2.45) is 0 Å². The van der Waals surface area contributed by atoms with Gasteiger partial charge in [-0.05, 0) is 19.8 Å². The molecular formula is C14H23NO3. The summed E-state index contributed by atoms with van der Waals surface area (Å²) in [7, 11) is 0. The van der Waals surface area contributed by atoms with Gasteiger partial charge in [-0.25, -0.2) is 4.79 Å². The fourth-order valence-electron chi connectivity index (χ4n) is 2.11. The maximum Gasteiger partial charge on any atom is 0.341 e. The molecular weight excluding hydrogens is 230 g/mol. The molecule has 18 heavy (non-hydrogen) atoms. The van der Waals surface area contributed by atoms with E-state index in [0.717, 1.165) is 12.8 Å². The third-order valence-corrected chi connectivity index (χ3v) is 3.16. The number of unbranched alkanes of at least 4 members (excludes halogenated alkanes) is 6. The van der Waals surface area contributed by atoms with Crippen LogP contribution in [0.4, 0.5) is 0 Å². The van der Waals surface area contributed by atoms with Crippen LogP contribution in [0.1, 0.15) is 73.7 Å². The molecule has 0 aromatic carbocycles. The van der Waals surface area contributed by atoms with E-state index in [4.69, 9.17) is 9.63 Å². The van der Waals surface area contributed by atoms with Gasteiger partial charge < -0.3 is 9.63 Å². The molecule has 0 atom stereocenters. The van der Waals surface area contributed by atoms with Gasteiger partial charge in [-0.2, -0.15) is 0 Å². The van der Waals surface area contributed by atoms with Crippen LogP contribution in [0.15, 0.2) is 4.52 Å². The van der Waals surface area contributed by atoms with Gasteiger partial charge in [-0.1, -0.05) is 50.6 Å². The third-order valence-electron chi connectivity index (χ3n) is 3.16. The molecule has 0 fully saturated rings. The van der Waals surface area contributed by atoms with Crippen LogP contribution in [-0.4, -0.2) is 16.2 Å². The first-order chi connectivity index (χ1) is 8.66. The molecule has 0 aliphatic rings. The Morgan fingerprint density at radius 3 is 2.39 bits per heavy atom. The lowest BCUT2D eigenvalue weighted by Gasteiger charge is -2.00. The predicted molar refractivity (Wildman–Crippen MR) is 69.9 cm³/mol. The van der Waals surface area contributed by atoms with Crippen molar-refractivity contribution >= 4 is 5.97 Å². The lowest BCUT2D eigenvalue weighted by atomic mass is 10.0. The number of hydrogen-bond acceptors (Lipinski definition) is 3. The standard InChI is InChI=1S/C14H23NO3/c1-3-4-5-6-7-8-9-10-12-13(14(16)17)11(2)18-15-12/h3-10H2,1-2H3,(H,16,17). The van der Waals surface area contributed by atoms with E-state index >= 15 is 0 Å². The van der Waals surface area contributed by atoms with Crippen LogP contribution in [0.25, 0.3) is 0 Å². The third kappa shape index (κ3) is 4.51. The number of carboxylic acid groups (broad SMARTS) is 1. The fraction of sp³-hybridized carbons (Fsp3) is 0.714. The second-order valence-electron chi connectivity index (χ2n) is 4.74. The summed E-state index contributed by atoms with van der Waals surface area (Å²) in [5.41, 5.74) is 0.842. The number of rotatable bonds is 9. The molecule has 0 saturated carbocycles. The summed E-state index contributed by atoms with van der Waals surface area (Å²) in [4.78, 5) is 11.0. The predicted octanol–water partition coefficient (Wildman–Crippen LogP) is 3.97. The number of hydrogen-bond donors (Lipinski definition) is 1. The molecule has 0 saturated heterocycles. The molecule has 1 aromatic rings. The number of aryl methyl sites for hydroxylation is 2. The normalized spacial score (nSPS) is 10.8. The van der Waals surface area contributed by atoms with E-state index in [9.17, 15) is 4.79 Å². The van der Waals surface area contributed by atoms with Crippen LogP contribution in [0.2, 0.25) is 0 Å². The number of nitrogens with zero attached hydrogens (tertiary/aromatic N) is 1. The summed E-state index contributed by atoms with van der Waals surface area (Å²) < 4.78 is 4.94. The van der Waals surface area contributed by atoms with Crippen molar-refractivity contribution in [1.82, 2.24) is 5.16 Å². The van der Waals surface area contributed by atoms with Crippen LogP contribution in [0.3, 0.4) is 0 Å². The van der Waals surface area contributed by atoms with Crippen LogP contribution in [0.5, 0.6) is 0 Å². The van der Waals surface area contributed by atoms with Gasteiger partial charge in [0.05, 0.1) is 5.69 Å². The lowest BCUT2D eigenvalue weighted by molar-refractivity contribution is 0.0694. The minimum atomic E-state index is -0.938. The highest BCUT2D eigenvalue weighted by molar-refractivity contribution is 5.89. The molecule has 0 amide bonds. The van der Waals surface area contributed by atoms with Crippen molar-refractivity contribution in [3.63, 3.8) is 0 Å². The summed E-state index contributed by atoms with van der Waals surface area (Å²) in [6, 6.07) is 0. The van der Waals surface area contributed by atoms with Gasteiger partial charge in [0, 0.05) is 0 Å². The highest BCUT2D eigenvalue weighted by Crippen LogP contribution is 2.16. The van der Waals surface area contributed by atoms with E-state index in [1.807, 2.05) is 0 Å². The zero-order chi connectivity index (χ0) is 13.4. The van der Waals surface area contributed by atoms with Gasteiger partial charge in [-0.3, -0.25) is 0 Å². The van der Waals surface area contributed by atoms with Crippen molar-refractivity contribution in [3.8, 4) is 0 Å². The Morgan fingerprint density at radius 2 is 1.78 bits per heavy atom. The van der Waals surface area contributed by atoms with Gasteiger partial charge in [0.1, 0.15) is 11.3 Å². The van der Waals surface area contributed by atoms with Crippen LogP contribution >= 0.6 is 0 Å². The Bertz CT molecular complexity index is 371. The molecule has 1 N–H and O–H groups in total. The Kier molecular flexibility index (Phi) is 6.47. The topological polar surface area (TPSA) is 63.3 Å². The summed E-state index contributed by atoms with van der Waals surface area (Å²) in [6.07, 6.45) is 9.20. The molecule has 1 heterocycles. The monoisotopic (exact) mass is 253 g/mol. The number of carbonyl (C=O) groups is 1. The Balaban J connectivity index is 2.25. The highest BCUT2D eigenvalue weighted by Gasteiger charge is 2.18. The number of carboxylic acids is 1. The Hall–Kier alpha value is -1.32. The average Bonchev–Trinajstić information content (AvgIpc) is 2.69. The molecule has 0 bridgehead atoms. The minimum absolute atomic E-state index is 0.251. The lowest BCUT2D eigenvalue weighted by Crippen LogP contribution is -2.02. The maximum absolute atomic E-state index is 11.0. The average molecular weight is 253 g/mol. The molecule has 0 aliphatic heterocycles. The van der Waals surface area contributed by atoms with Gasteiger partial charge in [0.25, 0.3) is 0 Å². The van der Waals surface area contributed by atoms with Crippen LogP contribution in [-0.2, 0) is 6.42 Å². The summed E-state index contributed by atoms with van der Waals surface area (Å²) in [5.74, 6) is -0.535. The quantitative estimate of drug-likeness (QED) is 0.676. The van der Waals surface area contributed by atoms with E-state index in [1.165, 1.54) is 32.1 Å². The van der Waals surface area contributed by atoms with Crippen molar-refractivity contribution in [2.75, 3.05) is 0 Å². The van der Waals surface area contributed by atoms with Crippen molar-refractivity contribution in [3.05, 3.63) is 17.0 Å². The van der Waals surface area contributed by atoms with Crippen molar-refractivity contribution in [1.29, 1.82) is 0 Å². The van der Waals surface area contributed by atoms with Crippen LogP contribution < -0.4 is 0 Å². The summed E-state index contributed by atoms with van der Waals surface area (Å²) >= 11 is 0. The first kappa shape index (κ1) is 14.7. The fourth-order valence-corrected chi connectivity index (χ4v) is 2.11. The molecule has 4 nitrogen and oxygen atoms in total. The second-order valence-corrected chi connectivity index (χ2v) is 4.74. The molecule has 4 heteroatoms. The SMILES string of the molecule is CCCCCCCCCc1noc(C)c1C(=O)O. The highest BCUT2D eigenvalue weighted by atomic mass is 16.5. The van der Waals surface area contributed by atoms with Gasteiger partial charge in [0.2, 0.25) is 0 Å². The molecule has 0 aliphatic carbocycles. The Morgan fingerprint density at radius 1 is 1.17 bits per heavy atom. The van der Waals surface area contributed by atoms with Gasteiger partial charge in [-0.15, -0.1) is 0 Å². The molecule has 0 spiro atoms. The summed E-state index contributed by atoms with van der Waals surface area (Å²) in [5, 5.41) is 12.9. The van der Waals surface area contributed by atoms with Crippen molar-refractivity contribution in [2.45, 2.75) is 65.2 Å². The number of aromatic nitrogens is 1. The van der Waals surface area contributed by atoms with Crippen LogP contribution in [0, 0.1) is 6.92 Å².